The lowest BCUT2D eigenvalue weighted by Crippen LogP contribution is -2.28. The monoisotopic (exact) mass is 536 g/mol. The van der Waals surface area contributed by atoms with Gasteiger partial charge in [0.05, 0.1) is 0 Å². The molecule has 2 aliphatic rings. The van der Waals surface area contributed by atoms with Crippen LogP contribution in [-0.4, -0.2) is 36.0 Å². The quantitative estimate of drug-likeness (QED) is 0.167. The maximum atomic E-state index is 8.53. The summed E-state index contributed by atoms with van der Waals surface area (Å²) in [5, 5.41) is 19.7. The average molecular weight is 537 g/mol. The van der Waals surface area contributed by atoms with Crippen molar-refractivity contribution >= 4 is 22.7 Å². The van der Waals surface area contributed by atoms with Crippen molar-refractivity contribution in [3.63, 3.8) is 0 Å². The summed E-state index contributed by atoms with van der Waals surface area (Å²) in [6.07, 6.45) is 13.6. The van der Waals surface area contributed by atoms with Crippen molar-refractivity contribution in [2.24, 2.45) is 5.92 Å². The lowest BCUT2D eigenvalue weighted by atomic mass is 9.86. The highest BCUT2D eigenvalue weighted by atomic mass is 15.1. The van der Waals surface area contributed by atoms with E-state index in [1.807, 2.05) is 19.1 Å². The van der Waals surface area contributed by atoms with Gasteiger partial charge in [0.25, 0.3) is 0 Å². The number of nitrogens with zero attached hydrogens (tertiary/aromatic N) is 1. The molecule has 0 spiro atoms. The van der Waals surface area contributed by atoms with Crippen LogP contribution in [0.4, 0.5) is 5.69 Å². The van der Waals surface area contributed by atoms with Gasteiger partial charge < -0.3 is 21.0 Å². The second-order valence-corrected chi connectivity index (χ2v) is 12.0. The van der Waals surface area contributed by atoms with Crippen LogP contribution in [0, 0.1) is 16.7 Å². The molecule has 2 atom stereocenters. The summed E-state index contributed by atoms with van der Waals surface area (Å²) in [7, 11) is 0. The highest BCUT2D eigenvalue weighted by Gasteiger charge is 2.26. The molecule has 40 heavy (non-hydrogen) atoms. The Morgan fingerprint density at radius 3 is 2.80 bits per heavy atom. The van der Waals surface area contributed by atoms with Crippen LogP contribution in [0.25, 0.3) is 5.57 Å². The molecule has 0 amide bonds. The number of anilines is 1. The second kappa shape index (κ2) is 14.4. The molecule has 4 heteroatoms. The van der Waals surface area contributed by atoms with Gasteiger partial charge in [-0.25, -0.2) is 0 Å². The Labute approximate surface area is 242 Å². The molecule has 0 aromatic heterocycles. The van der Waals surface area contributed by atoms with Gasteiger partial charge in [0, 0.05) is 48.2 Å². The molecule has 1 unspecified atom stereocenters. The van der Waals surface area contributed by atoms with E-state index in [9.17, 15) is 0 Å². The van der Waals surface area contributed by atoms with Crippen molar-refractivity contribution in [1.29, 1.82) is 10.8 Å². The minimum atomic E-state index is 0.283. The number of hydrogen-bond acceptors (Lipinski definition) is 4. The first-order valence-corrected chi connectivity index (χ1v) is 15.1. The minimum Gasteiger partial charge on any atom is -0.359 e. The van der Waals surface area contributed by atoms with Gasteiger partial charge >= 0.3 is 0 Å². The molecule has 4 rings (SSSR count). The Balaban J connectivity index is 1.34. The number of likely N-dealkylation sites (tertiary alicyclic amines) is 1. The van der Waals surface area contributed by atoms with E-state index >= 15 is 0 Å². The second-order valence-electron chi connectivity index (χ2n) is 12.0. The van der Waals surface area contributed by atoms with Crippen LogP contribution < -0.4 is 5.32 Å². The zero-order valence-corrected chi connectivity index (χ0v) is 24.7. The predicted molar refractivity (Wildman–Crippen MR) is 173 cm³/mol. The maximum Gasteiger partial charge on any atom is 0.0384 e. The number of aryl methyl sites for hydroxylation is 2. The van der Waals surface area contributed by atoms with Crippen LogP contribution in [-0.2, 0) is 12.8 Å². The molecular weight excluding hydrogens is 488 g/mol. The van der Waals surface area contributed by atoms with Crippen LogP contribution >= 0.6 is 0 Å². The van der Waals surface area contributed by atoms with E-state index in [0.29, 0.717) is 12.1 Å². The summed E-state index contributed by atoms with van der Waals surface area (Å²) in [4.78, 5) is 2.63. The van der Waals surface area contributed by atoms with Crippen molar-refractivity contribution in [1.82, 2.24) is 4.90 Å². The summed E-state index contributed by atoms with van der Waals surface area (Å²) in [6, 6.07) is 15.7. The van der Waals surface area contributed by atoms with Crippen LogP contribution in [0.3, 0.4) is 0 Å². The summed E-state index contributed by atoms with van der Waals surface area (Å²) in [5.41, 5.74) is 10.2. The van der Waals surface area contributed by atoms with E-state index in [1.54, 1.807) is 6.92 Å². The molecule has 3 N–H and O–H groups in total. The zero-order chi connectivity index (χ0) is 28.5. The van der Waals surface area contributed by atoms with Gasteiger partial charge in [0.1, 0.15) is 0 Å². The van der Waals surface area contributed by atoms with E-state index in [0.717, 1.165) is 61.9 Å². The van der Waals surface area contributed by atoms with Gasteiger partial charge in [0.2, 0.25) is 0 Å². The maximum absolute atomic E-state index is 8.53. The zero-order valence-electron chi connectivity index (χ0n) is 24.7. The third-order valence-electron chi connectivity index (χ3n) is 8.42. The third kappa shape index (κ3) is 8.63. The fourth-order valence-corrected chi connectivity index (χ4v) is 6.48. The molecule has 0 radical (unpaired) electrons. The summed E-state index contributed by atoms with van der Waals surface area (Å²) in [6.45, 7) is 15.2. The Hall–Kier alpha value is -3.24. The molecule has 1 aliphatic heterocycles. The van der Waals surface area contributed by atoms with Gasteiger partial charge in [0.15, 0.2) is 0 Å². The number of benzene rings is 2. The van der Waals surface area contributed by atoms with Gasteiger partial charge in [-0.1, -0.05) is 43.0 Å². The smallest absolute Gasteiger partial charge is 0.0384 e. The minimum absolute atomic E-state index is 0.283. The Morgan fingerprint density at radius 2 is 2.00 bits per heavy atom. The van der Waals surface area contributed by atoms with E-state index in [-0.39, 0.29) is 5.92 Å². The Morgan fingerprint density at radius 1 is 1.15 bits per heavy atom. The standard InChI is InChI=1S/C36H48N4/c1-5-9-34(38)22-33(32-14-8-15-35(23-32)39-28(4)20-27(3)37)25-40-19-18-30(24-40)12-7-11-29-16-17-31-13-6-10-26(2)36(31)21-29/h5,8,14-17,20-21,23,30,33,37-39H,1-2,6-7,9-13,18-19,22,24-25H2,3-4H3/b28-20-,37-27?,38-34?/t30?,33-/m1/s1. The normalized spacial score (nSPS) is 18.3. The van der Waals surface area contributed by atoms with Crippen molar-refractivity contribution in [2.45, 2.75) is 77.6 Å². The highest BCUT2D eigenvalue weighted by molar-refractivity contribution is 5.91. The first-order chi connectivity index (χ1) is 19.3. The number of allylic oxidation sites excluding steroid dienone is 4. The summed E-state index contributed by atoms with van der Waals surface area (Å²) < 4.78 is 0. The van der Waals surface area contributed by atoms with Crippen molar-refractivity contribution in [2.75, 3.05) is 25.0 Å². The van der Waals surface area contributed by atoms with E-state index in [4.69, 9.17) is 10.8 Å². The highest BCUT2D eigenvalue weighted by Crippen LogP contribution is 2.32. The first kappa shape index (κ1) is 29.7. The van der Waals surface area contributed by atoms with Gasteiger partial charge in [-0.05, 0) is 124 Å². The molecule has 0 bridgehead atoms. The molecule has 4 nitrogen and oxygen atoms in total. The Bertz CT molecular complexity index is 1250. The molecule has 1 heterocycles. The molecule has 1 fully saturated rings. The molecular formula is C36H48N4. The van der Waals surface area contributed by atoms with Crippen LogP contribution in [0.2, 0.25) is 0 Å². The fourth-order valence-electron chi connectivity index (χ4n) is 6.48. The van der Waals surface area contributed by atoms with Gasteiger partial charge in [-0.2, -0.15) is 0 Å². The van der Waals surface area contributed by atoms with Crippen LogP contribution in [0.1, 0.15) is 87.0 Å². The topological polar surface area (TPSA) is 63.0 Å². The predicted octanol–water partition coefficient (Wildman–Crippen LogP) is 8.81. The van der Waals surface area contributed by atoms with Gasteiger partial charge in [-0.3, -0.25) is 0 Å². The van der Waals surface area contributed by atoms with E-state index < -0.39 is 0 Å². The van der Waals surface area contributed by atoms with Crippen LogP contribution in [0.5, 0.6) is 0 Å². The number of hydrogen-bond donors (Lipinski definition) is 3. The van der Waals surface area contributed by atoms with E-state index in [1.165, 1.54) is 59.9 Å². The Kier molecular flexibility index (Phi) is 10.7. The molecule has 0 saturated carbocycles. The molecule has 2 aromatic carbocycles. The summed E-state index contributed by atoms with van der Waals surface area (Å²) >= 11 is 0. The summed E-state index contributed by atoms with van der Waals surface area (Å²) in [5.74, 6) is 1.04. The first-order valence-electron chi connectivity index (χ1n) is 15.1. The largest absolute Gasteiger partial charge is 0.359 e. The number of fused-ring (bicyclic) bond motifs is 1. The average Bonchev–Trinajstić information content (AvgIpc) is 3.35. The third-order valence-corrected chi connectivity index (χ3v) is 8.42. The molecule has 2 aromatic rings. The number of nitrogens with one attached hydrogen (secondary N) is 3. The fraction of sp³-hybridized carbons (Fsp3) is 0.444. The molecule has 212 valence electrons. The molecule has 1 aliphatic carbocycles. The van der Waals surface area contributed by atoms with E-state index in [2.05, 4.69) is 65.8 Å². The van der Waals surface area contributed by atoms with Crippen molar-refractivity contribution in [3.05, 3.63) is 95.7 Å². The lowest BCUT2D eigenvalue weighted by Gasteiger charge is -2.25. The molecule has 1 saturated heterocycles. The van der Waals surface area contributed by atoms with Crippen molar-refractivity contribution < 1.29 is 0 Å². The van der Waals surface area contributed by atoms with Gasteiger partial charge in [-0.15, -0.1) is 6.58 Å². The SMILES string of the molecule is C=CCC(=N)C[C@H](CN1CCC(CCCc2ccc3c(c2)C(=C)CCC3)C1)c1cccc(N/C(C)=C\C(C)=N)c1. The number of rotatable bonds is 14. The van der Waals surface area contributed by atoms with Crippen LogP contribution in [0.15, 0.2) is 73.5 Å². The lowest BCUT2D eigenvalue weighted by molar-refractivity contribution is 0.299. The van der Waals surface area contributed by atoms with Crippen molar-refractivity contribution in [3.8, 4) is 0 Å².